The Morgan fingerprint density at radius 3 is 2.12 bits per heavy atom. The molecule has 0 saturated carbocycles. The first-order valence-corrected chi connectivity index (χ1v) is 7.93. The Morgan fingerprint density at radius 2 is 1.52 bits per heavy atom. The van der Waals surface area contributed by atoms with Crippen molar-refractivity contribution in [3.8, 4) is 6.07 Å². The minimum Gasteiger partial charge on any atom is -0.373 e. The molecule has 0 spiro atoms. The zero-order valence-corrected chi connectivity index (χ0v) is 14.0. The second-order valence-corrected chi connectivity index (χ2v) is 6.00. The number of aryl methyl sites for hydroxylation is 1. The maximum atomic E-state index is 11.9. The van der Waals surface area contributed by atoms with E-state index in [0.717, 1.165) is 11.1 Å². The molecule has 2 N–H and O–H groups in total. The van der Waals surface area contributed by atoms with E-state index in [0.29, 0.717) is 16.9 Å². The third kappa shape index (κ3) is 3.29. The van der Waals surface area contributed by atoms with Crippen LogP contribution in [0, 0.1) is 18.3 Å². The highest BCUT2D eigenvalue weighted by molar-refractivity contribution is 5.79. The predicted molar refractivity (Wildman–Crippen MR) is 99.0 cm³/mol. The van der Waals surface area contributed by atoms with Crippen molar-refractivity contribution in [3.05, 3.63) is 85.7 Å². The van der Waals surface area contributed by atoms with Gasteiger partial charge in [0.2, 0.25) is 0 Å². The molecule has 5 heteroatoms. The number of anilines is 3. The van der Waals surface area contributed by atoms with Crippen LogP contribution >= 0.6 is 0 Å². The molecule has 1 unspecified atom stereocenters. The monoisotopic (exact) mass is 331 g/mol. The van der Waals surface area contributed by atoms with Gasteiger partial charge in [0, 0.05) is 11.7 Å². The number of nitrogens with one attached hydrogen (secondary N) is 2. The molecule has 0 fully saturated rings. The van der Waals surface area contributed by atoms with Crippen molar-refractivity contribution in [1.82, 2.24) is 0 Å². The maximum absolute atomic E-state index is 11.9. The first-order chi connectivity index (χ1) is 12.0. The highest BCUT2D eigenvalue weighted by Gasteiger charge is 2.22. The summed E-state index contributed by atoms with van der Waals surface area (Å²) in [6.45, 7) is 3.95. The summed E-state index contributed by atoms with van der Waals surface area (Å²) >= 11 is 0. The van der Waals surface area contributed by atoms with Crippen LogP contribution in [0.5, 0.6) is 0 Å². The SMILES string of the molecule is Cc1ccc(C(C)Nc2c(Nc3ccc(C#N)cc3)c(=O)c2=O)cc1. The van der Waals surface area contributed by atoms with Crippen molar-refractivity contribution in [2.24, 2.45) is 0 Å². The van der Waals surface area contributed by atoms with Crippen LogP contribution in [0.3, 0.4) is 0 Å². The first-order valence-electron chi connectivity index (χ1n) is 7.93. The number of hydrogen-bond donors (Lipinski definition) is 2. The van der Waals surface area contributed by atoms with Crippen molar-refractivity contribution < 1.29 is 0 Å². The molecule has 3 aromatic rings. The second kappa shape index (κ2) is 6.62. The fourth-order valence-electron chi connectivity index (χ4n) is 2.58. The Balaban J connectivity index is 1.80. The maximum Gasteiger partial charge on any atom is 0.253 e. The van der Waals surface area contributed by atoms with Crippen molar-refractivity contribution in [2.75, 3.05) is 10.6 Å². The van der Waals surface area contributed by atoms with E-state index >= 15 is 0 Å². The molecule has 0 aliphatic rings. The summed E-state index contributed by atoms with van der Waals surface area (Å²) < 4.78 is 0. The number of rotatable bonds is 5. The van der Waals surface area contributed by atoms with Crippen molar-refractivity contribution in [3.63, 3.8) is 0 Å². The fourth-order valence-corrected chi connectivity index (χ4v) is 2.58. The topological polar surface area (TPSA) is 82.0 Å². The van der Waals surface area contributed by atoms with Crippen LogP contribution < -0.4 is 21.5 Å². The largest absolute Gasteiger partial charge is 0.373 e. The molecular weight excluding hydrogens is 314 g/mol. The Labute approximate surface area is 145 Å². The normalized spacial score (nSPS) is 11.7. The Morgan fingerprint density at radius 1 is 0.920 bits per heavy atom. The molecule has 0 aliphatic heterocycles. The van der Waals surface area contributed by atoms with Crippen molar-refractivity contribution >= 4 is 17.1 Å². The molecule has 3 aromatic carbocycles. The van der Waals surface area contributed by atoms with Crippen LogP contribution in [0.4, 0.5) is 17.1 Å². The van der Waals surface area contributed by atoms with Gasteiger partial charge in [0.05, 0.1) is 11.6 Å². The van der Waals surface area contributed by atoms with Gasteiger partial charge >= 0.3 is 0 Å². The lowest BCUT2D eigenvalue weighted by Crippen LogP contribution is -2.37. The van der Waals surface area contributed by atoms with E-state index in [1.54, 1.807) is 24.3 Å². The lowest BCUT2D eigenvalue weighted by atomic mass is 10.0. The third-order valence-corrected chi connectivity index (χ3v) is 4.13. The Kier molecular flexibility index (Phi) is 4.36. The predicted octanol–water partition coefficient (Wildman–Crippen LogP) is 3.38. The van der Waals surface area contributed by atoms with Crippen LogP contribution in [0.2, 0.25) is 0 Å². The summed E-state index contributed by atoms with van der Waals surface area (Å²) in [5.74, 6) is 0. The number of benzene rings is 2. The lowest BCUT2D eigenvalue weighted by molar-refractivity contribution is 0.879. The molecule has 5 nitrogen and oxygen atoms in total. The van der Waals surface area contributed by atoms with E-state index in [2.05, 4.69) is 10.6 Å². The average molecular weight is 331 g/mol. The zero-order chi connectivity index (χ0) is 18.0. The molecular formula is C20H17N3O2. The van der Waals surface area contributed by atoms with Crippen molar-refractivity contribution in [2.45, 2.75) is 19.9 Å². The van der Waals surface area contributed by atoms with Gasteiger partial charge in [-0.2, -0.15) is 5.26 Å². The summed E-state index contributed by atoms with van der Waals surface area (Å²) in [7, 11) is 0. The van der Waals surface area contributed by atoms with Crippen LogP contribution in [0.25, 0.3) is 0 Å². The van der Waals surface area contributed by atoms with Crippen LogP contribution in [0.15, 0.2) is 58.1 Å². The fraction of sp³-hybridized carbons (Fsp3) is 0.150. The lowest BCUT2D eigenvalue weighted by Gasteiger charge is -2.20. The summed E-state index contributed by atoms with van der Waals surface area (Å²) in [5, 5.41) is 14.9. The Hall–Kier alpha value is -3.39. The molecule has 3 rings (SSSR count). The molecule has 0 saturated heterocycles. The summed E-state index contributed by atoms with van der Waals surface area (Å²) in [6.07, 6.45) is 0. The van der Waals surface area contributed by atoms with Gasteiger partial charge in [0.1, 0.15) is 11.4 Å². The molecule has 0 aliphatic carbocycles. The van der Waals surface area contributed by atoms with E-state index in [1.807, 2.05) is 44.2 Å². The molecule has 25 heavy (non-hydrogen) atoms. The zero-order valence-electron chi connectivity index (χ0n) is 14.0. The van der Waals surface area contributed by atoms with Crippen LogP contribution in [-0.2, 0) is 0 Å². The van der Waals surface area contributed by atoms with Crippen molar-refractivity contribution in [1.29, 1.82) is 5.26 Å². The quantitative estimate of drug-likeness (QED) is 0.700. The van der Waals surface area contributed by atoms with Gasteiger partial charge in [-0.15, -0.1) is 0 Å². The van der Waals surface area contributed by atoms with E-state index in [-0.39, 0.29) is 11.7 Å². The molecule has 1 atom stereocenters. The van der Waals surface area contributed by atoms with Gasteiger partial charge < -0.3 is 10.6 Å². The van der Waals surface area contributed by atoms with Crippen LogP contribution in [-0.4, -0.2) is 0 Å². The second-order valence-electron chi connectivity index (χ2n) is 6.00. The number of hydrogen-bond acceptors (Lipinski definition) is 5. The first kappa shape index (κ1) is 16.5. The third-order valence-electron chi connectivity index (χ3n) is 4.13. The number of nitriles is 1. The van der Waals surface area contributed by atoms with Crippen LogP contribution in [0.1, 0.15) is 29.7 Å². The average Bonchev–Trinajstić information content (AvgIpc) is 2.65. The highest BCUT2D eigenvalue weighted by Crippen LogP contribution is 2.25. The number of nitrogens with zero attached hydrogens (tertiary/aromatic N) is 1. The summed E-state index contributed by atoms with van der Waals surface area (Å²) in [6, 6.07) is 16.6. The summed E-state index contributed by atoms with van der Waals surface area (Å²) in [4.78, 5) is 23.8. The van der Waals surface area contributed by atoms with Gasteiger partial charge in [-0.05, 0) is 43.7 Å². The standard InChI is InChI=1S/C20H17N3O2/c1-12-3-7-15(8-4-12)13(2)22-17-18(20(25)19(17)24)23-16-9-5-14(11-21)6-10-16/h3-10,13,22-23H,1-2H3. The highest BCUT2D eigenvalue weighted by atomic mass is 16.2. The van der Waals surface area contributed by atoms with E-state index < -0.39 is 10.9 Å². The van der Waals surface area contributed by atoms with Gasteiger partial charge in [-0.1, -0.05) is 29.8 Å². The molecule has 0 aromatic heterocycles. The van der Waals surface area contributed by atoms with Gasteiger partial charge in [-0.25, -0.2) is 0 Å². The van der Waals surface area contributed by atoms with E-state index in [9.17, 15) is 9.59 Å². The minimum atomic E-state index is -0.539. The molecule has 0 bridgehead atoms. The molecule has 0 radical (unpaired) electrons. The molecule has 0 amide bonds. The van der Waals surface area contributed by atoms with Gasteiger partial charge in [0.15, 0.2) is 0 Å². The van der Waals surface area contributed by atoms with E-state index in [4.69, 9.17) is 5.26 Å². The van der Waals surface area contributed by atoms with Gasteiger partial charge in [-0.3, -0.25) is 9.59 Å². The van der Waals surface area contributed by atoms with Gasteiger partial charge in [0.25, 0.3) is 10.9 Å². The van der Waals surface area contributed by atoms with E-state index in [1.165, 1.54) is 0 Å². The minimum absolute atomic E-state index is 0.106. The summed E-state index contributed by atoms with van der Waals surface area (Å²) in [5.41, 5.74) is 2.87. The Bertz CT molecular complexity index is 1010. The molecule has 124 valence electrons. The smallest absolute Gasteiger partial charge is 0.253 e. The molecule has 0 heterocycles.